The van der Waals surface area contributed by atoms with Crippen LogP contribution in [-0.4, -0.2) is 21.4 Å². The molecule has 0 saturated carbocycles. The average molecular weight is 270 g/mol. The fourth-order valence-corrected chi connectivity index (χ4v) is 2.49. The molecule has 0 unspecified atom stereocenters. The van der Waals surface area contributed by atoms with E-state index < -0.39 is 4.92 Å². The van der Waals surface area contributed by atoms with Gasteiger partial charge in [0.25, 0.3) is 5.69 Å². The van der Waals surface area contributed by atoms with E-state index in [0.717, 1.165) is 29.9 Å². The second kappa shape index (κ2) is 4.97. The Bertz CT molecular complexity index is 685. The van der Waals surface area contributed by atoms with Crippen molar-refractivity contribution in [1.82, 2.24) is 15.3 Å². The van der Waals surface area contributed by atoms with Crippen LogP contribution in [0.25, 0.3) is 11.4 Å². The highest BCUT2D eigenvalue weighted by atomic mass is 16.6. The summed E-state index contributed by atoms with van der Waals surface area (Å²) in [5, 5.41) is 14.4. The monoisotopic (exact) mass is 270 g/mol. The van der Waals surface area contributed by atoms with E-state index in [0.29, 0.717) is 17.9 Å². The van der Waals surface area contributed by atoms with E-state index in [9.17, 15) is 10.1 Å². The summed E-state index contributed by atoms with van der Waals surface area (Å²) in [5.41, 5.74) is 3.51. The number of nitrogens with one attached hydrogen (secondary N) is 1. The minimum absolute atomic E-state index is 0.0376. The summed E-state index contributed by atoms with van der Waals surface area (Å²) in [6.07, 6.45) is 0.901. The average Bonchev–Trinajstić information content (AvgIpc) is 2.47. The zero-order valence-electron chi connectivity index (χ0n) is 11.1. The minimum Gasteiger partial charge on any atom is -0.311 e. The first-order valence-electron chi connectivity index (χ1n) is 6.47. The number of para-hydroxylation sites is 1. The molecule has 20 heavy (non-hydrogen) atoms. The van der Waals surface area contributed by atoms with Crippen LogP contribution in [0.15, 0.2) is 24.3 Å². The molecule has 0 saturated heterocycles. The van der Waals surface area contributed by atoms with Gasteiger partial charge in [0, 0.05) is 18.3 Å². The molecule has 0 atom stereocenters. The van der Waals surface area contributed by atoms with Crippen molar-refractivity contribution in [3.63, 3.8) is 0 Å². The molecule has 1 aromatic heterocycles. The molecule has 3 rings (SSSR count). The van der Waals surface area contributed by atoms with Crippen LogP contribution in [-0.2, 0) is 13.0 Å². The number of benzene rings is 1. The lowest BCUT2D eigenvalue weighted by Gasteiger charge is -2.18. The third-order valence-corrected chi connectivity index (χ3v) is 3.49. The minimum atomic E-state index is -0.397. The predicted octanol–water partition coefficient (Wildman–Crippen LogP) is 2.01. The summed E-state index contributed by atoms with van der Waals surface area (Å²) in [6, 6.07) is 6.58. The predicted molar refractivity (Wildman–Crippen MR) is 74.3 cm³/mol. The summed E-state index contributed by atoms with van der Waals surface area (Å²) in [5.74, 6) is 0.428. The zero-order chi connectivity index (χ0) is 14.1. The van der Waals surface area contributed by atoms with Crippen molar-refractivity contribution in [3.8, 4) is 11.4 Å². The van der Waals surface area contributed by atoms with Crippen molar-refractivity contribution in [2.24, 2.45) is 0 Å². The first-order valence-corrected chi connectivity index (χ1v) is 6.47. The van der Waals surface area contributed by atoms with Crippen molar-refractivity contribution in [3.05, 3.63) is 51.3 Å². The molecule has 0 fully saturated rings. The number of hydrogen-bond acceptors (Lipinski definition) is 5. The van der Waals surface area contributed by atoms with Crippen molar-refractivity contribution in [1.29, 1.82) is 0 Å². The number of nitro benzene ring substituents is 1. The second-order valence-corrected chi connectivity index (χ2v) is 4.76. The fourth-order valence-electron chi connectivity index (χ4n) is 2.49. The van der Waals surface area contributed by atoms with Gasteiger partial charge in [-0.2, -0.15) is 0 Å². The summed E-state index contributed by atoms with van der Waals surface area (Å²) in [7, 11) is 0. The fraction of sp³-hybridized carbons (Fsp3) is 0.286. The van der Waals surface area contributed by atoms with Gasteiger partial charge in [0.05, 0.1) is 16.2 Å². The normalized spacial score (nSPS) is 13.8. The van der Waals surface area contributed by atoms with Crippen LogP contribution in [0.2, 0.25) is 0 Å². The molecule has 1 aromatic carbocycles. The molecule has 0 amide bonds. The lowest BCUT2D eigenvalue weighted by atomic mass is 10.0. The number of nitrogens with zero attached hydrogens (tertiary/aromatic N) is 3. The van der Waals surface area contributed by atoms with Crippen LogP contribution in [0.4, 0.5) is 5.69 Å². The molecule has 0 radical (unpaired) electrons. The van der Waals surface area contributed by atoms with Crippen LogP contribution in [0.3, 0.4) is 0 Å². The number of aromatic nitrogens is 2. The largest absolute Gasteiger partial charge is 0.311 e. The molecule has 1 aliphatic rings. The quantitative estimate of drug-likeness (QED) is 0.667. The second-order valence-electron chi connectivity index (χ2n) is 4.76. The van der Waals surface area contributed by atoms with Gasteiger partial charge in [-0.15, -0.1) is 0 Å². The number of rotatable bonds is 2. The van der Waals surface area contributed by atoms with E-state index in [1.807, 2.05) is 6.92 Å². The smallest absolute Gasteiger partial charge is 0.280 e. The third-order valence-electron chi connectivity index (χ3n) is 3.49. The number of aryl methyl sites for hydroxylation is 1. The lowest BCUT2D eigenvalue weighted by molar-refractivity contribution is -0.384. The van der Waals surface area contributed by atoms with Gasteiger partial charge in [-0.25, -0.2) is 9.97 Å². The summed E-state index contributed by atoms with van der Waals surface area (Å²) < 4.78 is 0. The maximum absolute atomic E-state index is 11.1. The number of fused-ring (bicyclic) bond motifs is 1. The van der Waals surface area contributed by atoms with E-state index in [-0.39, 0.29) is 5.69 Å². The van der Waals surface area contributed by atoms with Crippen LogP contribution in [0.5, 0.6) is 0 Å². The zero-order valence-corrected chi connectivity index (χ0v) is 11.1. The molecule has 6 heteroatoms. The molecule has 0 bridgehead atoms. The van der Waals surface area contributed by atoms with Crippen molar-refractivity contribution >= 4 is 5.69 Å². The molecule has 2 aromatic rings. The van der Waals surface area contributed by atoms with Gasteiger partial charge in [0.1, 0.15) is 0 Å². The molecule has 0 aliphatic carbocycles. The van der Waals surface area contributed by atoms with Gasteiger partial charge in [-0.05, 0) is 31.5 Å². The standard InChI is InChI=1S/C14H14N4O2/c1-9-10-6-7-15-8-12(10)17-14(16-9)11-4-2-3-5-13(11)18(19)20/h2-5,15H,6-8H2,1H3. The summed E-state index contributed by atoms with van der Waals surface area (Å²) >= 11 is 0. The number of hydrogen-bond donors (Lipinski definition) is 1. The van der Waals surface area contributed by atoms with Gasteiger partial charge in [-0.1, -0.05) is 12.1 Å². The molecule has 6 nitrogen and oxygen atoms in total. The van der Waals surface area contributed by atoms with Gasteiger partial charge in [-0.3, -0.25) is 10.1 Å². The first-order chi connectivity index (χ1) is 9.66. The molecular weight excluding hydrogens is 256 g/mol. The van der Waals surface area contributed by atoms with Gasteiger partial charge in [0.15, 0.2) is 5.82 Å². The maximum atomic E-state index is 11.1. The molecule has 1 aliphatic heterocycles. The molecule has 0 spiro atoms. The highest BCUT2D eigenvalue weighted by Gasteiger charge is 2.20. The van der Waals surface area contributed by atoms with Gasteiger partial charge < -0.3 is 5.32 Å². The Kier molecular flexibility index (Phi) is 3.15. The van der Waals surface area contributed by atoms with Gasteiger partial charge in [0.2, 0.25) is 0 Å². The number of nitro groups is 1. The van der Waals surface area contributed by atoms with Crippen molar-refractivity contribution in [2.75, 3.05) is 6.54 Å². The van der Waals surface area contributed by atoms with E-state index in [1.165, 1.54) is 6.07 Å². The van der Waals surface area contributed by atoms with Crippen LogP contribution >= 0.6 is 0 Å². The van der Waals surface area contributed by atoms with Crippen LogP contribution in [0, 0.1) is 17.0 Å². The Hall–Kier alpha value is -2.34. The first kappa shape index (κ1) is 12.7. The van der Waals surface area contributed by atoms with E-state index in [1.54, 1.807) is 18.2 Å². The SMILES string of the molecule is Cc1nc(-c2ccccc2[N+](=O)[O-])nc2c1CCNC2. The molecule has 1 N–H and O–H groups in total. The Morgan fingerprint density at radius 2 is 2.10 bits per heavy atom. The molecule has 102 valence electrons. The van der Waals surface area contributed by atoms with Crippen molar-refractivity contribution < 1.29 is 4.92 Å². The van der Waals surface area contributed by atoms with Gasteiger partial charge >= 0.3 is 0 Å². The Balaban J connectivity index is 2.16. The Morgan fingerprint density at radius 3 is 2.90 bits per heavy atom. The highest BCUT2D eigenvalue weighted by molar-refractivity contribution is 5.68. The van der Waals surface area contributed by atoms with E-state index in [2.05, 4.69) is 15.3 Å². The topological polar surface area (TPSA) is 81.0 Å². The molecular formula is C14H14N4O2. The lowest BCUT2D eigenvalue weighted by Crippen LogP contribution is -2.26. The highest BCUT2D eigenvalue weighted by Crippen LogP contribution is 2.28. The molecule has 2 heterocycles. The maximum Gasteiger partial charge on any atom is 0.280 e. The summed E-state index contributed by atoms with van der Waals surface area (Å²) in [6.45, 7) is 3.54. The Morgan fingerprint density at radius 1 is 1.30 bits per heavy atom. The Labute approximate surface area is 116 Å². The third kappa shape index (κ3) is 2.14. The van der Waals surface area contributed by atoms with Crippen LogP contribution < -0.4 is 5.32 Å². The van der Waals surface area contributed by atoms with Crippen LogP contribution in [0.1, 0.15) is 17.0 Å². The van der Waals surface area contributed by atoms with E-state index in [4.69, 9.17) is 0 Å². The van der Waals surface area contributed by atoms with E-state index >= 15 is 0 Å². The summed E-state index contributed by atoms with van der Waals surface area (Å²) in [4.78, 5) is 19.7. The van der Waals surface area contributed by atoms with Crippen molar-refractivity contribution in [2.45, 2.75) is 19.9 Å².